The van der Waals surface area contributed by atoms with Crippen molar-refractivity contribution >= 4 is 37.8 Å². The Kier molecular flexibility index (Phi) is 4.77. The number of aryl methyl sites for hydroxylation is 1. The summed E-state index contributed by atoms with van der Waals surface area (Å²) in [4.78, 5) is 12.1. The monoisotopic (exact) mass is 381 g/mol. The second-order valence-electron chi connectivity index (χ2n) is 4.25. The molecule has 2 rings (SSSR count). The third-order valence-corrected chi connectivity index (χ3v) is 4.32. The molecule has 0 heterocycles. The average Bonchev–Trinajstić information content (AvgIpc) is 2.39. The molecular weight excluding hydrogens is 370 g/mol. The molecule has 0 spiro atoms. The lowest BCUT2D eigenvalue weighted by atomic mass is 10.1. The molecule has 0 fully saturated rings. The van der Waals surface area contributed by atoms with Gasteiger partial charge < -0.3 is 5.32 Å². The van der Waals surface area contributed by atoms with Crippen molar-refractivity contribution < 1.29 is 4.79 Å². The highest BCUT2D eigenvalue weighted by Crippen LogP contribution is 2.21. The lowest BCUT2D eigenvalue weighted by molar-refractivity contribution is 0.0950. The zero-order chi connectivity index (χ0) is 13.8. The van der Waals surface area contributed by atoms with Crippen molar-refractivity contribution in [2.45, 2.75) is 13.5 Å². The normalized spacial score (nSPS) is 10.3. The van der Waals surface area contributed by atoms with E-state index in [0.717, 1.165) is 20.1 Å². The fourth-order valence-electron chi connectivity index (χ4n) is 1.75. The van der Waals surface area contributed by atoms with Gasteiger partial charge in [-0.15, -0.1) is 0 Å². The van der Waals surface area contributed by atoms with Gasteiger partial charge in [0, 0.05) is 15.5 Å². The molecule has 0 aliphatic heterocycles. The molecule has 0 saturated heterocycles. The highest BCUT2D eigenvalue weighted by molar-refractivity contribution is 9.10. The molecule has 2 aromatic carbocycles. The smallest absolute Gasteiger partial charge is 0.252 e. The van der Waals surface area contributed by atoms with Crippen LogP contribution in [0.2, 0.25) is 0 Å². The molecule has 0 bridgehead atoms. The van der Waals surface area contributed by atoms with E-state index >= 15 is 0 Å². The number of hydrogen-bond donors (Lipinski definition) is 1. The lowest BCUT2D eigenvalue weighted by Gasteiger charge is -2.08. The van der Waals surface area contributed by atoms with Crippen LogP contribution in [0.4, 0.5) is 0 Å². The van der Waals surface area contributed by atoms with Crippen LogP contribution in [-0.4, -0.2) is 5.91 Å². The van der Waals surface area contributed by atoms with Gasteiger partial charge in [-0.2, -0.15) is 0 Å². The summed E-state index contributed by atoms with van der Waals surface area (Å²) >= 11 is 6.87. The Bertz CT molecular complexity index is 611. The predicted octanol–water partition coefficient (Wildman–Crippen LogP) is 4.45. The van der Waals surface area contributed by atoms with Gasteiger partial charge in [-0.1, -0.05) is 40.2 Å². The summed E-state index contributed by atoms with van der Waals surface area (Å²) < 4.78 is 1.86. The van der Waals surface area contributed by atoms with Crippen LogP contribution in [0, 0.1) is 6.92 Å². The van der Waals surface area contributed by atoms with Gasteiger partial charge in [0.25, 0.3) is 5.91 Å². The highest BCUT2D eigenvalue weighted by atomic mass is 79.9. The molecule has 0 unspecified atom stereocenters. The van der Waals surface area contributed by atoms with E-state index in [-0.39, 0.29) is 5.91 Å². The maximum Gasteiger partial charge on any atom is 0.252 e. The van der Waals surface area contributed by atoms with Gasteiger partial charge in [-0.3, -0.25) is 4.79 Å². The minimum absolute atomic E-state index is 0.0736. The van der Waals surface area contributed by atoms with Crippen molar-refractivity contribution in [3.63, 3.8) is 0 Å². The number of carbonyl (C=O) groups excluding carboxylic acids is 1. The number of benzene rings is 2. The SMILES string of the molecule is Cc1cccc(C(=O)NCc2cccc(Br)c2)c1Br. The molecule has 19 heavy (non-hydrogen) atoms. The number of carbonyl (C=O) groups is 1. The van der Waals surface area contributed by atoms with E-state index in [2.05, 4.69) is 37.2 Å². The first-order valence-corrected chi connectivity index (χ1v) is 7.44. The second-order valence-corrected chi connectivity index (χ2v) is 5.96. The first kappa shape index (κ1) is 14.3. The maximum atomic E-state index is 12.1. The molecule has 0 atom stereocenters. The first-order valence-electron chi connectivity index (χ1n) is 5.85. The van der Waals surface area contributed by atoms with E-state index in [4.69, 9.17) is 0 Å². The van der Waals surface area contributed by atoms with Crippen molar-refractivity contribution in [3.8, 4) is 0 Å². The molecule has 1 amide bonds. The summed E-state index contributed by atoms with van der Waals surface area (Å²) in [6.07, 6.45) is 0. The van der Waals surface area contributed by atoms with Gasteiger partial charge >= 0.3 is 0 Å². The van der Waals surface area contributed by atoms with Crippen LogP contribution in [-0.2, 0) is 6.54 Å². The lowest BCUT2D eigenvalue weighted by Crippen LogP contribution is -2.23. The van der Waals surface area contributed by atoms with E-state index in [1.165, 1.54) is 0 Å². The topological polar surface area (TPSA) is 29.1 Å². The zero-order valence-corrected chi connectivity index (χ0v) is 13.6. The summed E-state index contributed by atoms with van der Waals surface area (Å²) in [7, 11) is 0. The molecular formula is C15H13Br2NO. The molecule has 2 aromatic rings. The number of rotatable bonds is 3. The van der Waals surface area contributed by atoms with Crippen LogP contribution < -0.4 is 5.32 Å². The van der Waals surface area contributed by atoms with E-state index in [0.29, 0.717) is 12.1 Å². The summed E-state index contributed by atoms with van der Waals surface area (Å²) in [5, 5.41) is 2.92. The fourth-order valence-corrected chi connectivity index (χ4v) is 2.64. The fraction of sp³-hybridized carbons (Fsp3) is 0.133. The summed E-state index contributed by atoms with van der Waals surface area (Å²) in [5.41, 5.74) is 2.77. The molecule has 0 aromatic heterocycles. The maximum absolute atomic E-state index is 12.1. The Morgan fingerprint density at radius 2 is 1.89 bits per heavy atom. The Balaban J connectivity index is 2.08. The van der Waals surface area contributed by atoms with Crippen LogP contribution in [0.5, 0.6) is 0 Å². The minimum atomic E-state index is -0.0736. The first-order chi connectivity index (χ1) is 9.08. The zero-order valence-electron chi connectivity index (χ0n) is 10.4. The summed E-state index contributed by atoms with van der Waals surface area (Å²) in [5.74, 6) is -0.0736. The summed E-state index contributed by atoms with van der Waals surface area (Å²) in [6.45, 7) is 2.48. The van der Waals surface area contributed by atoms with Crippen LogP contribution in [0.25, 0.3) is 0 Å². The minimum Gasteiger partial charge on any atom is -0.348 e. The van der Waals surface area contributed by atoms with E-state index in [1.54, 1.807) is 0 Å². The number of nitrogens with one attached hydrogen (secondary N) is 1. The predicted molar refractivity (Wildman–Crippen MR) is 84.2 cm³/mol. The van der Waals surface area contributed by atoms with Crippen molar-refractivity contribution in [2.75, 3.05) is 0 Å². The molecule has 4 heteroatoms. The molecule has 0 aliphatic carbocycles. The molecule has 98 valence electrons. The van der Waals surface area contributed by atoms with Gasteiger partial charge in [0.2, 0.25) is 0 Å². The number of amides is 1. The number of hydrogen-bond acceptors (Lipinski definition) is 1. The average molecular weight is 383 g/mol. The van der Waals surface area contributed by atoms with E-state index in [9.17, 15) is 4.79 Å². The largest absolute Gasteiger partial charge is 0.348 e. The van der Waals surface area contributed by atoms with E-state index in [1.807, 2.05) is 49.4 Å². The van der Waals surface area contributed by atoms with Crippen molar-refractivity contribution in [1.29, 1.82) is 0 Å². The Hall–Kier alpha value is -1.13. The molecule has 0 saturated carbocycles. The van der Waals surface area contributed by atoms with Crippen molar-refractivity contribution in [3.05, 3.63) is 68.1 Å². The molecule has 1 N–H and O–H groups in total. The Morgan fingerprint density at radius 1 is 1.16 bits per heavy atom. The quantitative estimate of drug-likeness (QED) is 0.834. The number of halogens is 2. The third kappa shape index (κ3) is 3.67. The van der Waals surface area contributed by atoms with Gasteiger partial charge in [0.15, 0.2) is 0 Å². The van der Waals surface area contributed by atoms with Crippen LogP contribution in [0.15, 0.2) is 51.4 Å². The highest BCUT2D eigenvalue weighted by Gasteiger charge is 2.10. The van der Waals surface area contributed by atoms with Gasteiger partial charge in [0.1, 0.15) is 0 Å². The van der Waals surface area contributed by atoms with Crippen LogP contribution >= 0.6 is 31.9 Å². The van der Waals surface area contributed by atoms with Gasteiger partial charge in [-0.25, -0.2) is 0 Å². The second kappa shape index (κ2) is 6.35. The molecule has 0 radical (unpaired) electrons. The van der Waals surface area contributed by atoms with Crippen molar-refractivity contribution in [2.24, 2.45) is 0 Å². The third-order valence-electron chi connectivity index (χ3n) is 2.78. The Labute approximate surface area is 129 Å². The van der Waals surface area contributed by atoms with Gasteiger partial charge in [-0.05, 0) is 52.2 Å². The van der Waals surface area contributed by atoms with Gasteiger partial charge in [0.05, 0.1) is 5.56 Å². The molecule has 2 nitrogen and oxygen atoms in total. The van der Waals surface area contributed by atoms with Crippen LogP contribution in [0.1, 0.15) is 21.5 Å². The van der Waals surface area contributed by atoms with E-state index < -0.39 is 0 Å². The van der Waals surface area contributed by atoms with Crippen LogP contribution in [0.3, 0.4) is 0 Å². The van der Waals surface area contributed by atoms with Crippen molar-refractivity contribution in [1.82, 2.24) is 5.32 Å². The summed E-state index contributed by atoms with van der Waals surface area (Å²) in [6, 6.07) is 13.6. The molecule has 0 aliphatic rings. The Morgan fingerprint density at radius 3 is 2.63 bits per heavy atom. The standard InChI is InChI=1S/C15H13Br2NO/c1-10-4-2-7-13(14(10)17)15(19)18-9-11-5-3-6-12(16)8-11/h2-8H,9H2,1H3,(H,18,19).